The number of aliphatic carboxylic acids is 1. The van der Waals surface area contributed by atoms with Crippen molar-refractivity contribution in [2.24, 2.45) is 11.7 Å². The number of hydrogen-bond donors (Lipinski definition) is 5. The van der Waals surface area contributed by atoms with Gasteiger partial charge in [0, 0.05) is 5.75 Å². The van der Waals surface area contributed by atoms with E-state index in [0.29, 0.717) is 0 Å². The molecule has 110 valence electrons. The summed E-state index contributed by atoms with van der Waals surface area (Å²) in [5.41, 5.74) is 5.73. The first-order valence-corrected chi connectivity index (χ1v) is 6.63. The zero-order chi connectivity index (χ0) is 15.0. The smallest absolute Gasteiger partial charge is 0.322 e. The molecule has 0 saturated heterocycles. The van der Waals surface area contributed by atoms with E-state index >= 15 is 0 Å². The van der Waals surface area contributed by atoms with Gasteiger partial charge < -0.3 is 21.5 Å². The number of amides is 2. The Morgan fingerprint density at radius 2 is 1.89 bits per heavy atom. The molecule has 3 atom stereocenters. The molecule has 0 rings (SSSR count). The summed E-state index contributed by atoms with van der Waals surface area (Å²) in [5, 5.41) is 13.1. The van der Waals surface area contributed by atoms with E-state index in [9.17, 15) is 14.4 Å². The zero-order valence-electron chi connectivity index (χ0n) is 11.0. The summed E-state index contributed by atoms with van der Waals surface area (Å²) in [7, 11) is 0. The summed E-state index contributed by atoms with van der Waals surface area (Å²) in [6.07, 6.45) is 0.741. The van der Waals surface area contributed by atoms with Crippen LogP contribution in [0.25, 0.3) is 0 Å². The summed E-state index contributed by atoms with van der Waals surface area (Å²) in [6.45, 7) is 3.24. The summed E-state index contributed by atoms with van der Waals surface area (Å²) in [5.74, 6) is -2.15. The van der Waals surface area contributed by atoms with Gasteiger partial charge in [-0.1, -0.05) is 20.3 Å². The maximum Gasteiger partial charge on any atom is 0.322 e. The van der Waals surface area contributed by atoms with Gasteiger partial charge in [-0.15, -0.1) is 0 Å². The second-order valence-corrected chi connectivity index (χ2v) is 4.63. The van der Waals surface area contributed by atoms with Crippen molar-refractivity contribution in [1.29, 1.82) is 0 Å². The number of carbonyl (C=O) groups excluding carboxylic acids is 2. The molecule has 0 aliphatic heterocycles. The fourth-order valence-corrected chi connectivity index (χ4v) is 1.52. The van der Waals surface area contributed by atoms with E-state index in [1.807, 2.05) is 13.8 Å². The molecule has 7 nitrogen and oxygen atoms in total. The lowest BCUT2D eigenvalue weighted by molar-refractivity contribution is -0.138. The molecule has 0 unspecified atom stereocenters. The van der Waals surface area contributed by atoms with Gasteiger partial charge in [-0.05, 0) is 5.92 Å². The predicted molar refractivity (Wildman–Crippen MR) is 73.9 cm³/mol. The molecule has 0 aliphatic carbocycles. The number of carboxylic acids is 1. The van der Waals surface area contributed by atoms with Crippen LogP contribution in [0.2, 0.25) is 0 Å². The minimum atomic E-state index is -1.16. The second-order valence-electron chi connectivity index (χ2n) is 4.27. The predicted octanol–water partition coefficient (Wildman–Crippen LogP) is -1.02. The maximum atomic E-state index is 11.8. The van der Waals surface area contributed by atoms with E-state index < -0.39 is 36.4 Å². The van der Waals surface area contributed by atoms with Crippen molar-refractivity contribution < 1.29 is 19.5 Å². The van der Waals surface area contributed by atoms with Crippen LogP contribution in [-0.2, 0) is 14.4 Å². The molecule has 8 heteroatoms. The molecule has 0 fully saturated rings. The quantitative estimate of drug-likeness (QED) is 0.366. The average Bonchev–Trinajstić information content (AvgIpc) is 2.39. The molecule has 0 aromatic rings. The van der Waals surface area contributed by atoms with Crippen molar-refractivity contribution in [1.82, 2.24) is 10.6 Å². The summed E-state index contributed by atoms with van der Waals surface area (Å²) < 4.78 is 0. The minimum Gasteiger partial charge on any atom is -0.480 e. The molecule has 0 heterocycles. The van der Waals surface area contributed by atoms with Crippen molar-refractivity contribution in [3.05, 3.63) is 0 Å². The Balaban J connectivity index is 4.42. The number of nitrogens with one attached hydrogen (secondary N) is 2. The molecule has 19 heavy (non-hydrogen) atoms. The Kier molecular flexibility index (Phi) is 8.17. The van der Waals surface area contributed by atoms with Crippen molar-refractivity contribution in [2.75, 3.05) is 12.3 Å². The van der Waals surface area contributed by atoms with Crippen LogP contribution in [0.3, 0.4) is 0 Å². The molecule has 0 saturated carbocycles. The van der Waals surface area contributed by atoms with Crippen LogP contribution in [0.5, 0.6) is 0 Å². The summed E-state index contributed by atoms with van der Waals surface area (Å²) >= 11 is 3.95. The molecular weight excluding hydrogens is 270 g/mol. The van der Waals surface area contributed by atoms with Gasteiger partial charge in [0.2, 0.25) is 11.8 Å². The van der Waals surface area contributed by atoms with E-state index in [1.54, 1.807) is 0 Å². The SMILES string of the molecule is CC[C@H](C)[C@H](N)C(=O)N[C@@H](CS)C(=O)NCC(=O)O. The first kappa shape index (κ1) is 17.7. The van der Waals surface area contributed by atoms with Gasteiger partial charge in [0.15, 0.2) is 0 Å². The van der Waals surface area contributed by atoms with Gasteiger partial charge >= 0.3 is 5.97 Å². The van der Waals surface area contributed by atoms with Crippen LogP contribution < -0.4 is 16.4 Å². The highest BCUT2D eigenvalue weighted by molar-refractivity contribution is 7.80. The molecule has 0 aromatic heterocycles. The third-order valence-electron chi connectivity index (χ3n) is 2.79. The number of carbonyl (C=O) groups is 3. The molecule has 0 aromatic carbocycles. The summed E-state index contributed by atoms with van der Waals surface area (Å²) in [6, 6.07) is -1.61. The largest absolute Gasteiger partial charge is 0.480 e. The summed E-state index contributed by atoms with van der Waals surface area (Å²) in [4.78, 5) is 33.7. The monoisotopic (exact) mass is 291 g/mol. The Labute approximate surface area is 117 Å². The average molecular weight is 291 g/mol. The van der Waals surface area contributed by atoms with Crippen LogP contribution in [0.1, 0.15) is 20.3 Å². The van der Waals surface area contributed by atoms with Gasteiger partial charge in [0.25, 0.3) is 0 Å². The molecule has 0 bridgehead atoms. The molecule has 0 aliphatic rings. The van der Waals surface area contributed by atoms with Crippen molar-refractivity contribution in [3.8, 4) is 0 Å². The Hall–Kier alpha value is -1.28. The van der Waals surface area contributed by atoms with Crippen LogP contribution in [0.4, 0.5) is 0 Å². The van der Waals surface area contributed by atoms with E-state index in [0.717, 1.165) is 6.42 Å². The Morgan fingerprint density at radius 3 is 2.32 bits per heavy atom. The number of carboxylic acid groups (broad SMARTS) is 1. The highest BCUT2D eigenvalue weighted by Crippen LogP contribution is 2.05. The third-order valence-corrected chi connectivity index (χ3v) is 3.15. The number of nitrogens with two attached hydrogens (primary N) is 1. The second kappa shape index (κ2) is 8.76. The molecule has 2 amide bonds. The molecular formula is C11H21N3O4S. The number of thiol groups is 1. The van der Waals surface area contributed by atoms with Crippen LogP contribution in [0.15, 0.2) is 0 Å². The lowest BCUT2D eigenvalue weighted by Gasteiger charge is -2.21. The number of rotatable bonds is 8. The molecule has 0 radical (unpaired) electrons. The third kappa shape index (κ3) is 6.44. The van der Waals surface area contributed by atoms with Gasteiger partial charge in [0.1, 0.15) is 12.6 Å². The first-order valence-electron chi connectivity index (χ1n) is 5.99. The topological polar surface area (TPSA) is 122 Å². The molecule has 0 spiro atoms. The van der Waals surface area contributed by atoms with Gasteiger partial charge in [0.05, 0.1) is 6.04 Å². The van der Waals surface area contributed by atoms with Crippen LogP contribution in [-0.4, -0.2) is 47.3 Å². The van der Waals surface area contributed by atoms with Gasteiger partial charge in [-0.2, -0.15) is 12.6 Å². The van der Waals surface area contributed by atoms with E-state index in [-0.39, 0.29) is 11.7 Å². The van der Waals surface area contributed by atoms with Gasteiger partial charge in [-0.3, -0.25) is 14.4 Å². The lowest BCUT2D eigenvalue weighted by Crippen LogP contribution is -2.54. The van der Waals surface area contributed by atoms with Crippen molar-refractivity contribution in [2.45, 2.75) is 32.4 Å². The Bertz CT molecular complexity index is 338. The maximum absolute atomic E-state index is 11.8. The fourth-order valence-electron chi connectivity index (χ4n) is 1.26. The minimum absolute atomic E-state index is 0.0114. The van der Waals surface area contributed by atoms with Crippen molar-refractivity contribution in [3.63, 3.8) is 0 Å². The lowest BCUT2D eigenvalue weighted by atomic mass is 9.99. The van der Waals surface area contributed by atoms with E-state index in [4.69, 9.17) is 10.8 Å². The standard InChI is InChI=1S/C11H21N3O4S/c1-3-6(2)9(12)11(18)14-7(5-19)10(17)13-4-8(15)16/h6-7,9,19H,3-5,12H2,1-2H3,(H,13,17)(H,14,18)(H,15,16)/t6-,7-,9-/m0/s1. The van der Waals surface area contributed by atoms with Gasteiger partial charge in [-0.25, -0.2) is 0 Å². The number of hydrogen-bond acceptors (Lipinski definition) is 5. The fraction of sp³-hybridized carbons (Fsp3) is 0.727. The van der Waals surface area contributed by atoms with E-state index in [1.165, 1.54) is 0 Å². The zero-order valence-corrected chi connectivity index (χ0v) is 11.9. The van der Waals surface area contributed by atoms with Crippen LogP contribution >= 0.6 is 12.6 Å². The highest BCUT2D eigenvalue weighted by Gasteiger charge is 2.25. The van der Waals surface area contributed by atoms with E-state index in [2.05, 4.69) is 23.3 Å². The van der Waals surface area contributed by atoms with Crippen LogP contribution in [0, 0.1) is 5.92 Å². The Morgan fingerprint density at radius 1 is 1.32 bits per heavy atom. The molecule has 5 N–H and O–H groups in total. The first-order chi connectivity index (χ1) is 8.83. The highest BCUT2D eigenvalue weighted by atomic mass is 32.1. The normalized spacial score (nSPS) is 15.2. The van der Waals surface area contributed by atoms with Crippen molar-refractivity contribution >= 4 is 30.4 Å².